The summed E-state index contributed by atoms with van der Waals surface area (Å²) in [4.78, 5) is 43.2. The number of aromatic amines is 1. The summed E-state index contributed by atoms with van der Waals surface area (Å²) in [6.45, 7) is 2.98. The number of esters is 1. The highest BCUT2D eigenvalue weighted by atomic mass is 16.5. The van der Waals surface area contributed by atoms with Crippen molar-refractivity contribution >= 4 is 23.5 Å². The molecule has 0 spiro atoms. The molecule has 4 rings (SSSR count). The predicted molar refractivity (Wildman–Crippen MR) is 121 cm³/mol. The Morgan fingerprint density at radius 3 is 2.61 bits per heavy atom. The molecule has 0 unspecified atom stereocenters. The van der Waals surface area contributed by atoms with Crippen molar-refractivity contribution in [3.63, 3.8) is 0 Å². The fourth-order valence-electron chi connectivity index (χ4n) is 3.80. The van der Waals surface area contributed by atoms with Crippen LogP contribution in [0.3, 0.4) is 0 Å². The SMILES string of the molecule is CCOC(=O)c1cccc(NC(=O)C2CCN(C(=O)c3cc(-c4ccncc4)n[nH]3)CC2)c1. The summed E-state index contributed by atoms with van der Waals surface area (Å²) in [6, 6.07) is 12.1. The Morgan fingerprint density at radius 1 is 1.12 bits per heavy atom. The van der Waals surface area contributed by atoms with Crippen LogP contribution in [0.15, 0.2) is 54.9 Å². The Labute approximate surface area is 191 Å². The molecule has 0 radical (unpaired) electrons. The van der Waals surface area contributed by atoms with Crippen molar-refractivity contribution < 1.29 is 19.1 Å². The molecule has 1 aliphatic heterocycles. The molecule has 1 aromatic carbocycles. The average Bonchev–Trinajstić information content (AvgIpc) is 3.35. The van der Waals surface area contributed by atoms with Gasteiger partial charge in [0, 0.05) is 42.7 Å². The highest BCUT2D eigenvalue weighted by molar-refractivity contribution is 5.96. The first-order valence-electron chi connectivity index (χ1n) is 10.9. The summed E-state index contributed by atoms with van der Waals surface area (Å²) in [5.74, 6) is -0.894. The molecular weight excluding hydrogens is 422 g/mol. The topological polar surface area (TPSA) is 117 Å². The van der Waals surface area contributed by atoms with E-state index < -0.39 is 5.97 Å². The second-order valence-corrected chi connectivity index (χ2v) is 7.76. The Morgan fingerprint density at radius 2 is 1.88 bits per heavy atom. The van der Waals surface area contributed by atoms with Crippen LogP contribution >= 0.6 is 0 Å². The lowest BCUT2D eigenvalue weighted by molar-refractivity contribution is -0.121. The van der Waals surface area contributed by atoms with Crippen molar-refractivity contribution in [2.24, 2.45) is 5.92 Å². The predicted octanol–water partition coefficient (Wildman–Crippen LogP) is 3.14. The molecule has 33 heavy (non-hydrogen) atoms. The van der Waals surface area contributed by atoms with Crippen molar-refractivity contribution in [3.05, 3.63) is 66.1 Å². The zero-order valence-electron chi connectivity index (χ0n) is 18.3. The number of pyridine rings is 1. The van der Waals surface area contributed by atoms with Crippen LogP contribution in [0.5, 0.6) is 0 Å². The van der Waals surface area contributed by atoms with E-state index in [1.807, 2.05) is 12.1 Å². The van der Waals surface area contributed by atoms with E-state index in [0.29, 0.717) is 48.6 Å². The highest BCUT2D eigenvalue weighted by Crippen LogP contribution is 2.23. The maximum atomic E-state index is 12.9. The molecule has 2 N–H and O–H groups in total. The molecule has 2 aromatic heterocycles. The largest absolute Gasteiger partial charge is 0.462 e. The Balaban J connectivity index is 1.32. The van der Waals surface area contributed by atoms with Gasteiger partial charge < -0.3 is 15.0 Å². The van der Waals surface area contributed by atoms with Gasteiger partial charge in [-0.3, -0.25) is 19.7 Å². The first-order valence-corrected chi connectivity index (χ1v) is 10.9. The van der Waals surface area contributed by atoms with Gasteiger partial charge in [0.15, 0.2) is 0 Å². The fraction of sp³-hybridized carbons (Fsp3) is 0.292. The molecule has 170 valence electrons. The number of ether oxygens (including phenoxy) is 1. The van der Waals surface area contributed by atoms with E-state index in [1.165, 1.54) is 0 Å². The van der Waals surface area contributed by atoms with E-state index in [2.05, 4.69) is 20.5 Å². The van der Waals surface area contributed by atoms with Gasteiger partial charge in [0.25, 0.3) is 5.91 Å². The number of anilines is 1. The van der Waals surface area contributed by atoms with Crippen LogP contribution < -0.4 is 5.32 Å². The lowest BCUT2D eigenvalue weighted by atomic mass is 9.95. The molecule has 1 fully saturated rings. The number of carbonyl (C=O) groups excluding carboxylic acids is 3. The number of piperidine rings is 1. The van der Waals surface area contributed by atoms with Crippen LogP contribution in [0.25, 0.3) is 11.3 Å². The minimum absolute atomic E-state index is 0.121. The minimum atomic E-state index is -0.425. The quantitative estimate of drug-likeness (QED) is 0.561. The second kappa shape index (κ2) is 10.1. The van der Waals surface area contributed by atoms with Gasteiger partial charge in [-0.05, 0) is 56.2 Å². The van der Waals surface area contributed by atoms with Crippen LogP contribution in [-0.4, -0.2) is 57.6 Å². The fourth-order valence-corrected chi connectivity index (χ4v) is 3.80. The number of aromatic nitrogens is 3. The standard InChI is InChI=1S/C24H25N5O4/c1-2-33-24(32)18-4-3-5-19(14-18)26-22(30)17-8-12-29(13-9-17)23(31)21-15-20(27-28-21)16-6-10-25-11-7-16/h3-7,10-11,14-15,17H,2,8-9,12-13H2,1H3,(H,26,30)(H,27,28). The summed E-state index contributed by atoms with van der Waals surface area (Å²) in [6.07, 6.45) is 4.46. The van der Waals surface area contributed by atoms with Crippen LogP contribution in [0.2, 0.25) is 0 Å². The molecule has 2 amide bonds. The molecule has 3 heterocycles. The van der Waals surface area contributed by atoms with E-state index in [1.54, 1.807) is 54.5 Å². The number of rotatable bonds is 6. The summed E-state index contributed by atoms with van der Waals surface area (Å²) in [5.41, 5.74) is 2.91. The molecule has 0 aliphatic carbocycles. The minimum Gasteiger partial charge on any atom is -0.462 e. The van der Waals surface area contributed by atoms with Crippen molar-refractivity contribution in [2.75, 3.05) is 25.0 Å². The van der Waals surface area contributed by atoms with Gasteiger partial charge in [0.05, 0.1) is 17.9 Å². The molecule has 9 nitrogen and oxygen atoms in total. The first kappa shape index (κ1) is 22.2. The summed E-state index contributed by atoms with van der Waals surface area (Å²) >= 11 is 0. The number of H-pyrrole nitrogens is 1. The second-order valence-electron chi connectivity index (χ2n) is 7.76. The summed E-state index contributed by atoms with van der Waals surface area (Å²) in [7, 11) is 0. The van der Waals surface area contributed by atoms with Gasteiger partial charge in [0.1, 0.15) is 5.69 Å². The summed E-state index contributed by atoms with van der Waals surface area (Å²) < 4.78 is 5.00. The van der Waals surface area contributed by atoms with Crippen LogP contribution in [0, 0.1) is 5.92 Å². The average molecular weight is 447 g/mol. The van der Waals surface area contributed by atoms with Gasteiger partial charge in [-0.2, -0.15) is 5.10 Å². The lowest BCUT2D eigenvalue weighted by Crippen LogP contribution is -2.41. The maximum Gasteiger partial charge on any atom is 0.338 e. The van der Waals surface area contributed by atoms with Crippen LogP contribution in [0.4, 0.5) is 5.69 Å². The highest BCUT2D eigenvalue weighted by Gasteiger charge is 2.28. The first-order chi connectivity index (χ1) is 16.0. The van der Waals surface area contributed by atoms with E-state index in [9.17, 15) is 14.4 Å². The van der Waals surface area contributed by atoms with E-state index >= 15 is 0 Å². The number of nitrogens with zero attached hydrogens (tertiary/aromatic N) is 3. The molecule has 1 saturated heterocycles. The third kappa shape index (κ3) is 5.25. The Hall–Kier alpha value is -4.01. The van der Waals surface area contributed by atoms with E-state index in [0.717, 1.165) is 5.56 Å². The molecule has 3 aromatic rings. The van der Waals surface area contributed by atoms with Gasteiger partial charge >= 0.3 is 5.97 Å². The molecule has 0 atom stereocenters. The van der Waals surface area contributed by atoms with Gasteiger partial charge in [-0.15, -0.1) is 0 Å². The van der Waals surface area contributed by atoms with Crippen molar-refractivity contribution in [1.29, 1.82) is 0 Å². The zero-order chi connectivity index (χ0) is 23.2. The van der Waals surface area contributed by atoms with Crippen LogP contribution in [0.1, 0.15) is 40.6 Å². The molecule has 0 bridgehead atoms. The van der Waals surface area contributed by atoms with Gasteiger partial charge in [-0.25, -0.2) is 4.79 Å². The molecular formula is C24H25N5O4. The maximum absolute atomic E-state index is 12.9. The van der Waals surface area contributed by atoms with E-state index in [-0.39, 0.29) is 24.3 Å². The Kier molecular flexibility index (Phi) is 6.77. The van der Waals surface area contributed by atoms with Gasteiger partial charge in [-0.1, -0.05) is 6.07 Å². The number of hydrogen-bond donors (Lipinski definition) is 2. The Bertz CT molecular complexity index is 1140. The lowest BCUT2D eigenvalue weighted by Gasteiger charge is -2.31. The van der Waals surface area contributed by atoms with Crippen molar-refractivity contribution in [3.8, 4) is 11.3 Å². The number of likely N-dealkylation sites (tertiary alicyclic amines) is 1. The number of amides is 2. The number of carbonyl (C=O) groups is 3. The molecule has 9 heteroatoms. The monoisotopic (exact) mass is 447 g/mol. The third-order valence-electron chi connectivity index (χ3n) is 5.58. The zero-order valence-corrected chi connectivity index (χ0v) is 18.3. The van der Waals surface area contributed by atoms with Crippen molar-refractivity contribution in [2.45, 2.75) is 19.8 Å². The normalized spacial score (nSPS) is 14.0. The number of nitrogens with one attached hydrogen (secondary N) is 2. The van der Waals surface area contributed by atoms with Crippen LogP contribution in [-0.2, 0) is 9.53 Å². The van der Waals surface area contributed by atoms with E-state index in [4.69, 9.17) is 4.74 Å². The molecule has 0 saturated carbocycles. The van der Waals surface area contributed by atoms with Gasteiger partial charge in [0.2, 0.25) is 5.91 Å². The number of benzene rings is 1. The summed E-state index contributed by atoms with van der Waals surface area (Å²) in [5, 5.41) is 9.91. The smallest absolute Gasteiger partial charge is 0.338 e. The molecule has 1 aliphatic rings. The van der Waals surface area contributed by atoms with Crippen molar-refractivity contribution in [1.82, 2.24) is 20.1 Å². The number of hydrogen-bond acceptors (Lipinski definition) is 6. The third-order valence-corrected chi connectivity index (χ3v) is 5.58.